The van der Waals surface area contributed by atoms with E-state index in [9.17, 15) is 5.11 Å². The number of ether oxygens (including phenoxy) is 2. The van der Waals surface area contributed by atoms with Gasteiger partial charge in [0.1, 0.15) is 11.7 Å². The Morgan fingerprint density at radius 1 is 1.59 bits per heavy atom. The number of aliphatic hydroxyl groups excluding tert-OH is 1. The molecule has 0 bridgehead atoms. The van der Waals surface area contributed by atoms with E-state index in [-0.39, 0.29) is 0 Å². The summed E-state index contributed by atoms with van der Waals surface area (Å²) in [6.07, 6.45) is 2.24. The minimum absolute atomic E-state index is 0.567. The van der Waals surface area contributed by atoms with Gasteiger partial charge in [-0.3, -0.25) is 0 Å². The fraction of sp³-hybridized carbons (Fsp3) is 0.818. The molecule has 0 aliphatic carbocycles. The van der Waals surface area contributed by atoms with E-state index in [4.69, 9.17) is 9.47 Å². The molecule has 0 spiro atoms. The fourth-order valence-corrected chi connectivity index (χ4v) is 2.32. The van der Waals surface area contributed by atoms with Crippen LogP contribution in [0.3, 0.4) is 0 Å². The minimum atomic E-state index is -0.716. The van der Waals surface area contributed by atoms with Crippen molar-refractivity contribution in [2.45, 2.75) is 31.5 Å². The van der Waals surface area contributed by atoms with Gasteiger partial charge in [0, 0.05) is 39.7 Å². The number of hydrogen-bond donors (Lipinski definition) is 1. The average Bonchev–Trinajstić information content (AvgIpc) is 2.76. The molecule has 2 heterocycles. The van der Waals surface area contributed by atoms with Crippen LogP contribution in [0.2, 0.25) is 0 Å². The molecule has 1 saturated heterocycles. The molecule has 0 aromatic carbocycles. The Hall–Kier alpha value is -0.980. The number of aromatic nitrogens is 3. The summed E-state index contributed by atoms with van der Waals surface area (Å²) in [5.41, 5.74) is 0.114. The lowest BCUT2D eigenvalue weighted by Crippen LogP contribution is -2.45. The molecular weight excluding hydrogens is 222 g/mol. The van der Waals surface area contributed by atoms with Crippen LogP contribution in [0.4, 0.5) is 0 Å². The van der Waals surface area contributed by atoms with E-state index < -0.39 is 11.7 Å². The normalized spacial score (nSPS) is 21.4. The highest BCUT2D eigenvalue weighted by Crippen LogP contribution is 2.37. The Balaban J connectivity index is 2.23. The molecule has 0 amide bonds. The number of aryl methyl sites for hydroxylation is 1. The average molecular weight is 241 g/mol. The van der Waals surface area contributed by atoms with Crippen molar-refractivity contribution in [3.05, 3.63) is 11.9 Å². The summed E-state index contributed by atoms with van der Waals surface area (Å²) < 4.78 is 12.7. The lowest BCUT2D eigenvalue weighted by Gasteiger charge is -2.40. The predicted octanol–water partition coefficient (Wildman–Crippen LogP) is 0.434. The van der Waals surface area contributed by atoms with Gasteiger partial charge in [-0.15, -0.1) is 5.10 Å². The van der Waals surface area contributed by atoms with Crippen molar-refractivity contribution in [1.29, 1.82) is 0 Å². The molecule has 6 nitrogen and oxygen atoms in total. The molecule has 1 aliphatic rings. The second-order valence-corrected chi connectivity index (χ2v) is 4.30. The smallest absolute Gasteiger partial charge is 0.126 e. The van der Waals surface area contributed by atoms with Gasteiger partial charge in [0.25, 0.3) is 0 Å². The van der Waals surface area contributed by atoms with Crippen molar-refractivity contribution in [2.75, 3.05) is 19.8 Å². The summed E-state index contributed by atoms with van der Waals surface area (Å²) in [7, 11) is 1.77. The van der Waals surface area contributed by atoms with Crippen LogP contribution in [-0.4, -0.2) is 45.5 Å². The van der Waals surface area contributed by atoms with Crippen LogP contribution in [0.25, 0.3) is 0 Å². The molecule has 1 N–H and O–H groups in total. The van der Waals surface area contributed by atoms with Crippen LogP contribution < -0.4 is 0 Å². The van der Waals surface area contributed by atoms with Gasteiger partial charge in [-0.05, 0) is 6.92 Å². The first-order valence-electron chi connectivity index (χ1n) is 5.94. The summed E-state index contributed by atoms with van der Waals surface area (Å²) >= 11 is 0. The Morgan fingerprint density at radius 3 is 2.82 bits per heavy atom. The van der Waals surface area contributed by atoms with Crippen LogP contribution in [0.1, 0.15) is 31.6 Å². The number of rotatable bonds is 4. The van der Waals surface area contributed by atoms with E-state index in [1.165, 1.54) is 0 Å². The van der Waals surface area contributed by atoms with E-state index in [1.807, 2.05) is 6.92 Å². The minimum Gasteiger partial charge on any atom is -0.384 e. The van der Waals surface area contributed by atoms with Gasteiger partial charge in [-0.2, -0.15) is 0 Å². The van der Waals surface area contributed by atoms with Gasteiger partial charge < -0.3 is 14.6 Å². The summed E-state index contributed by atoms with van der Waals surface area (Å²) in [6.45, 7) is 3.73. The molecule has 1 unspecified atom stereocenters. The van der Waals surface area contributed by atoms with Gasteiger partial charge in [0.15, 0.2) is 0 Å². The van der Waals surface area contributed by atoms with Gasteiger partial charge in [0.05, 0.1) is 11.9 Å². The molecule has 1 aromatic heterocycles. The van der Waals surface area contributed by atoms with Crippen molar-refractivity contribution in [2.24, 2.45) is 7.05 Å². The first kappa shape index (κ1) is 12.5. The Bertz CT molecular complexity index is 355. The molecular formula is C11H19N3O3. The second kappa shape index (κ2) is 5.12. The van der Waals surface area contributed by atoms with Crippen molar-refractivity contribution < 1.29 is 14.6 Å². The van der Waals surface area contributed by atoms with Crippen LogP contribution in [0.5, 0.6) is 0 Å². The zero-order valence-electron chi connectivity index (χ0n) is 10.3. The largest absolute Gasteiger partial charge is 0.384 e. The molecule has 1 aromatic rings. The molecule has 6 heteroatoms. The van der Waals surface area contributed by atoms with Gasteiger partial charge in [-0.1, -0.05) is 5.21 Å². The number of aliphatic hydroxyl groups is 1. The highest BCUT2D eigenvalue weighted by molar-refractivity contribution is 5.07. The van der Waals surface area contributed by atoms with E-state index in [0.29, 0.717) is 38.4 Å². The Morgan fingerprint density at radius 2 is 2.29 bits per heavy atom. The zero-order chi connectivity index (χ0) is 12.3. The van der Waals surface area contributed by atoms with Crippen LogP contribution in [-0.2, 0) is 16.5 Å². The molecule has 17 heavy (non-hydrogen) atoms. The van der Waals surface area contributed by atoms with E-state index >= 15 is 0 Å². The number of hydrogen-bond acceptors (Lipinski definition) is 5. The predicted molar refractivity (Wildman–Crippen MR) is 60.4 cm³/mol. The van der Waals surface area contributed by atoms with Crippen molar-refractivity contribution in [3.8, 4) is 0 Å². The monoisotopic (exact) mass is 241 g/mol. The maximum atomic E-state index is 10.5. The molecule has 1 atom stereocenters. The standard InChI is InChI=1S/C11H19N3O3/c1-3-17-11(4-6-16-7-5-11)10(15)9-8-12-13-14(9)2/h8,10,15H,3-7H2,1-2H3. The summed E-state index contributed by atoms with van der Waals surface area (Å²) in [6, 6.07) is 0. The van der Waals surface area contributed by atoms with Gasteiger partial charge >= 0.3 is 0 Å². The van der Waals surface area contributed by atoms with Crippen molar-refractivity contribution in [3.63, 3.8) is 0 Å². The highest BCUT2D eigenvalue weighted by Gasteiger charge is 2.42. The van der Waals surface area contributed by atoms with Crippen LogP contribution in [0, 0.1) is 0 Å². The SMILES string of the molecule is CCOC1(C(O)c2cnnn2C)CCOCC1. The van der Waals surface area contributed by atoms with Gasteiger partial charge in [-0.25, -0.2) is 4.68 Å². The third kappa shape index (κ3) is 2.34. The number of nitrogens with zero attached hydrogens (tertiary/aromatic N) is 3. The molecule has 2 rings (SSSR count). The van der Waals surface area contributed by atoms with E-state index in [1.54, 1.807) is 17.9 Å². The Labute approximate surface area is 101 Å². The molecule has 1 fully saturated rings. The van der Waals surface area contributed by atoms with E-state index in [0.717, 1.165) is 0 Å². The third-order valence-electron chi connectivity index (χ3n) is 3.30. The van der Waals surface area contributed by atoms with Crippen molar-refractivity contribution in [1.82, 2.24) is 15.0 Å². The summed E-state index contributed by atoms with van der Waals surface area (Å²) in [4.78, 5) is 0. The topological polar surface area (TPSA) is 69.4 Å². The first-order chi connectivity index (χ1) is 8.19. The Kier molecular flexibility index (Phi) is 3.76. The molecule has 1 aliphatic heterocycles. The van der Waals surface area contributed by atoms with Crippen LogP contribution >= 0.6 is 0 Å². The van der Waals surface area contributed by atoms with Gasteiger partial charge in [0.2, 0.25) is 0 Å². The first-order valence-corrected chi connectivity index (χ1v) is 5.94. The van der Waals surface area contributed by atoms with E-state index in [2.05, 4.69) is 10.3 Å². The zero-order valence-corrected chi connectivity index (χ0v) is 10.3. The maximum Gasteiger partial charge on any atom is 0.126 e. The summed E-state index contributed by atoms with van der Waals surface area (Å²) in [5, 5.41) is 18.2. The molecule has 0 radical (unpaired) electrons. The second-order valence-electron chi connectivity index (χ2n) is 4.30. The third-order valence-corrected chi connectivity index (χ3v) is 3.30. The van der Waals surface area contributed by atoms with Crippen LogP contribution in [0.15, 0.2) is 6.20 Å². The molecule has 0 saturated carbocycles. The lowest BCUT2D eigenvalue weighted by atomic mass is 9.86. The highest BCUT2D eigenvalue weighted by atomic mass is 16.5. The fourth-order valence-electron chi connectivity index (χ4n) is 2.32. The molecule has 96 valence electrons. The lowest BCUT2D eigenvalue weighted by molar-refractivity contribution is -0.169. The maximum absolute atomic E-state index is 10.5. The quantitative estimate of drug-likeness (QED) is 0.828. The van der Waals surface area contributed by atoms with Crippen molar-refractivity contribution >= 4 is 0 Å². The summed E-state index contributed by atoms with van der Waals surface area (Å²) in [5.74, 6) is 0.